The van der Waals surface area contributed by atoms with Crippen LogP contribution in [0.15, 0.2) is 48.7 Å². The highest BCUT2D eigenvalue weighted by Gasteiger charge is 2.26. The Hall–Kier alpha value is -2.70. The molecule has 0 bridgehead atoms. The highest BCUT2D eigenvalue weighted by atomic mass is 16.5. The van der Waals surface area contributed by atoms with Gasteiger partial charge in [-0.15, -0.1) is 0 Å². The second-order valence-electron chi connectivity index (χ2n) is 6.72. The van der Waals surface area contributed by atoms with Crippen molar-refractivity contribution in [2.75, 3.05) is 13.1 Å². The minimum absolute atomic E-state index is 0.0815. The van der Waals surface area contributed by atoms with Gasteiger partial charge in [-0.3, -0.25) is 9.78 Å². The maximum absolute atomic E-state index is 13.0. The third kappa shape index (κ3) is 3.09. The standard InChI is InChI=1S/C20H21N3O3/c24-19(17-11-16-18(22-17)15(20(25)26)8-9-21-16)23-10-4-7-14(12-23)13-5-2-1-3-6-13/h1-3,5-6,8-9,11,14,20,22,25-26H,4,7,10,12H2. The molecule has 1 amide bonds. The van der Waals surface area contributed by atoms with E-state index in [2.05, 4.69) is 22.1 Å². The normalized spacial score (nSPS) is 17.8. The topological polar surface area (TPSA) is 89.5 Å². The quantitative estimate of drug-likeness (QED) is 0.633. The predicted molar refractivity (Wildman–Crippen MR) is 97.6 cm³/mol. The molecule has 1 atom stereocenters. The summed E-state index contributed by atoms with van der Waals surface area (Å²) in [6, 6.07) is 13.5. The summed E-state index contributed by atoms with van der Waals surface area (Å²) in [5.41, 5.74) is 3.04. The maximum atomic E-state index is 13.0. The first-order chi connectivity index (χ1) is 12.6. The van der Waals surface area contributed by atoms with E-state index in [0.717, 1.165) is 19.4 Å². The molecule has 1 unspecified atom stereocenters. The van der Waals surface area contributed by atoms with Gasteiger partial charge in [-0.2, -0.15) is 0 Å². The van der Waals surface area contributed by atoms with Crippen LogP contribution >= 0.6 is 0 Å². The average molecular weight is 351 g/mol. The number of fused-ring (bicyclic) bond motifs is 1. The van der Waals surface area contributed by atoms with Crippen molar-refractivity contribution in [1.29, 1.82) is 0 Å². The summed E-state index contributed by atoms with van der Waals surface area (Å²) in [5, 5.41) is 19.0. The molecule has 134 valence electrons. The summed E-state index contributed by atoms with van der Waals surface area (Å²) < 4.78 is 0. The van der Waals surface area contributed by atoms with Gasteiger partial charge in [0.2, 0.25) is 0 Å². The minimum atomic E-state index is -1.61. The van der Waals surface area contributed by atoms with E-state index < -0.39 is 6.29 Å². The molecule has 0 saturated carbocycles. The van der Waals surface area contributed by atoms with E-state index in [1.165, 1.54) is 17.8 Å². The summed E-state index contributed by atoms with van der Waals surface area (Å²) in [6.07, 6.45) is 1.93. The van der Waals surface area contributed by atoms with Crippen LogP contribution < -0.4 is 0 Å². The van der Waals surface area contributed by atoms with Crippen molar-refractivity contribution in [3.63, 3.8) is 0 Å². The monoisotopic (exact) mass is 351 g/mol. The first kappa shape index (κ1) is 16.8. The molecule has 1 aliphatic heterocycles. The molecule has 2 aromatic heterocycles. The zero-order valence-corrected chi connectivity index (χ0v) is 14.3. The van der Waals surface area contributed by atoms with Gasteiger partial charge in [0, 0.05) is 30.8 Å². The van der Waals surface area contributed by atoms with Crippen LogP contribution in [0.1, 0.15) is 46.7 Å². The van der Waals surface area contributed by atoms with E-state index in [1.807, 2.05) is 23.1 Å². The molecule has 3 aromatic rings. The molecule has 0 aliphatic carbocycles. The van der Waals surface area contributed by atoms with Crippen molar-refractivity contribution < 1.29 is 15.0 Å². The lowest BCUT2D eigenvalue weighted by atomic mass is 9.90. The second kappa shape index (κ2) is 6.90. The van der Waals surface area contributed by atoms with Crippen molar-refractivity contribution in [2.45, 2.75) is 25.0 Å². The van der Waals surface area contributed by atoms with Gasteiger partial charge in [0.05, 0.1) is 11.0 Å². The van der Waals surface area contributed by atoms with Gasteiger partial charge in [-0.1, -0.05) is 30.3 Å². The van der Waals surface area contributed by atoms with Crippen LogP contribution in [0.5, 0.6) is 0 Å². The number of nitrogens with zero attached hydrogens (tertiary/aromatic N) is 2. The van der Waals surface area contributed by atoms with Crippen LogP contribution in [0, 0.1) is 0 Å². The molecule has 1 fully saturated rings. The van der Waals surface area contributed by atoms with Crippen molar-refractivity contribution in [3.8, 4) is 0 Å². The molecule has 1 aromatic carbocycles. The number of carbonyl (C=O) groups excluding carboxylic acids is 1. The Bertz CT molecular complexity index is 920. The minimum Gasteiger partial charge on any atom is -0.364 e. The molecule has 1 aliphatic rings. The van der Waals surface area contributed by atoms with Crippen LogP contribution in [0.4, 0.5) is 0 Å². The van der Waals surface area contributed by atoms with Crippen LogP contribution in [-0.4, -0.2) is 44.1 Å². The predicted octanol–water partition coefficient (Wildman–Crippen LogP) is 2.57. The fraction of sp³-hybridized carbons (Fsp3) is 0.300. The van der Waals surface area contributed by atoms with Crippen LogP contribution in [0.25, 0.3) is 11.0 Å². The number of aliphatic hydroxyl groups excluding tert-OH is 1. The SMILES string of the molecule is O=C(c1cc2nccc(C(O)O)c2[nH]1)N1CCCC(c2ccccc2)C1. The summed E-state index contributed by atoms with van der Waals surface area (Å²) in [5.74, 6) is 0.258. The van der Waals surface area contributed by atoms with E-state index in [-0.39, 0.29) is 5.91 Å². The number of amides is 1. The first-order valence-corrected chi connectivity index (χ1v) is 8.81. The Morgan fingerprint density at radius 1 is 1.23 bits per heavy atom. The van der Waals surface area contributed by atoms with Crippen molar-refractivity contribution in [2.24, 2.45) is 0 Å². The Morgan fingerprint density at radius 2 is 2.04 bits per heavy atom. The van der Waals surface area contributed by atoms with E-state index in [0.29, 0.717) is 34.8 Å². The number of H-pyrrole nitrogens is 1. The molecule has 3 heterocycles. The summed E-state index contributed by atoms with van der Waals surface area (Å²) in [7, 11) is 0. The van der Waals surface area contributed by atoms with Gasteiger partial charge in [0.1, 0.15) is 5.69 Å². The number of benzene rings is 1. The van der Waals surface area contributed by atoms with E-state index in [4.69, 9.17) is 0 Å². The van der Waals surface area contributed by atoms with Crippen molar-refractivity contribution >= 4 is 16.9 Å². The number of carbonyl (C=O) groups is 1. The van der Waals surface area contributed by atoms with Gasteiger partial charge >= 0.3 is 0 Å². The summed E-state index contributed by atoms with van der Waals surface area (Å²) >= 11 is 0. The molecule has 0 radical (unpaired) electrons. The second-order valence-corrected chi connectivity index (χ2v) is 6.72. The fourth-order valence-corrected chi connectivity index (χ4v) is 3.71. The molecule has 1 saturated heterocycles. The van der Waals surface area contributed by atoms with Crippen molar-refractivity contribution in [3.05, 3.63) is 65.5 Å². The number of rotatable bonds is 3. The highest BCUT2D eigenvalue weighted by molar-refractivity contribution is 5.97. The smallest absolute Gasteiger partial charge is 0.270 e. The number of hydrogen-bond acceptors (Lipinski definition) is 4. The lowest BCUT2D eigenvalue weighted by Gasteiger charge is -2.32. The molecule has 3 N–H and O–H groups in total. The molecule has 6 heteroatoms. The van der Waals surface area contributed by atoms with E-state index in [9.17, 15) is 15.0 Å². The van der Waals surface area contributed by atoms with Gasteiger partial charge in [-0.05, 0) is 30.5 Å². The van der Waals surface area contributed by atoms with Crippen molar-refractivity contribution in [1.82, 2.24) is 14.9 Å². The van der Waals surface area contributed by atoms with E-state index >= 15 is 0 Å². The fourth-order valence-electron chi connectivity index (χ4n) is 3.71. The zero-order chi connectivity index (χ0) is 18.1. The van der Waals surface area contributed by atoms with Crippen LogP contribution in [0.3, 0.4) is 0 Å². The van der Waals surface area contributed by atoms with Gasteiger partial charge in [0.25, 0.3) is 5.91 Å². The number of hydrogen-bond donors (Lipinski definition) is 3. The molecular formula is C20H21N3O3. The third-order valence-electron chi connectivity index (χ3n) is 5.04. The summed E-state index contributed by atoms with van der Waals surface area (Å²) in [4.78, 5) is 22.1. The Balaban J connectivity index is 1.59. The number of aromatic amines is 1. The lowest BCUT2D eigenvalue weighted by Crippen LogP contribution is -2.39. The van der Waals surface area contributed by atoms with Gasteiger partial charge in [0.15, 0.2) is 6.29 Å². The number of likely N-dealkylation sites (tertiary alicyclic amines) is 1. The first-order valence-electron chi connectivity index (χ1n) is 8.81. The van der Waals surface area contributed by atoms with Crippen LogP contribution in [-0.2, 0) is 0 Å². The average Bonchev–Trinajstić information content (AvgIpc) is 3.12. The zero-order valence-electron chi connectivity index (χ0n) is 14.3. The largest absolute Gasteiger partial charge is 0.364 e. The maximum Gasteiger partial charge on any atom is 0.270 e. The molecule has 6 nitrogen and oxygen atoms in total. The Labute approximate surface area is 151 Å². The number of pyridine rings is 1. The Kier molecular flexibility index (Phi) is 4.44. The lowest BCUT2D eigenvalue weighted by molar-refractivity contribution is -0.0414. The van der Waals surface area contributed by atoms with Crippen LogP contribution in [0.2, 0.25) is 0 Å². The number of aromatic nitrogens is 2. The number of aliphatic hydroxyl groups is 2. The van der Waals surface area contributed by atoms with Gasteiger partial charge in [-0.25, -0.2) is 0 Å². The molecular weight excluding hydrogens is 330 g/mol. The molecule has 26 heavy (non-hydrogen) atoms. The van der Waals surface area contributed by atoms with Gasteiger partial charge < -0.3 is 20.1 Å². The highest BCUT2D eigenvalue weighted by Crippen LogP contribution is 2.28. The number of nitrogens with one attached hydrogen (secondary N) is 1. The third-order valence-corrected chi connectivity index (χ3v) is 5.04. The molecule has 0 spiro atoms. The number of piperidine rings is 1. The molecule has 4 rings (SSSR count). The Morgan fingerprint density at radius 3 is 2.81 bits per heavy atom. The van der Waals surface area contributed by atoms with E-state index in [1.54, 1.807) is 6.07 Å². The summed E-state index contributed by atoms with van der Waals surface area (Å²) in [6.45, 7) is 1.40.